The van der Waals surface area contributed by atoms with E-state index in [4.69, 9.17) is 4.74 Å². The van der Waals surface area contributed by atoms with Gasteiger partial charge in [-0.15, -0.1) is 0 Å². The number of ether oxygens (including phenoxy) is 1. The number of hydrogen-bond acceptors (Lipinski definition) is 5. The highest BCUT2D eigenvalue weighted by molar-refractivity contribution is 5.76. The average molecular weight is 802 g/mol. The fourth-order valence-electron chi connectivity index (χ4n) is 7.31. The van der Waals surface area contributed by atoms with Gasteiger partial charge in [-0.2, -0.15) is 0 Å². The summed E-state index contributed by atoms with van der Waals surface area (Å²) >= 11 is 0. The molecule has 0 fully saturated rings. The molecule has 0 aliphatic carbocycles. The van der Waals surface area contributed by atoms with Gasteiger partial charge in [0.15, 0.2) is 0 Å². The van der Waals surface area contributed by atoms with Crippen LogP contribution in [0.15, 0.2) is 36.5 Å². The van der Waals surface area contributed by atoms with Gasteiger partial charge in [0.25, 0.3) is 0 Å². The number of carbonyl (C=O) groups is 2. The predicted octanol–water partition coefficient (Wildman–Crippen LogP) is 14.5. The quantitative estimate of drug-likeness (QED) is 0.0247. The third-order valence-electron chi connectivity index (χ3n) is 11.2. The number of allylic oxidation sites excluding steroid dienone is 6. The molecule has 57 heavy (non-hydrogen) atoms. The molecule has 2 unspecified atom stereocenters. The van der Waals surface area contributed by atoms with Crippen molar-refractivity contribution in [2.75, 3.05) is 13.2 Å². The van der Waals surface area contributed by atoms with Crippen molar-refractivity contribution in [3.63, 3.8) is 0 Å². The molecule has 6 heteroatoms. The lowest BCUT2D eigenvalue weighted by Crippen LogP contribution is -2.45. The minimum absolute atomic E-state index is 0.0334. The second kappa shape index (κ2) is 46.8. The summed E-state index contributed by atoms with van der Waals surface area (Å²) in [5.74, 6) is -0.0921. The van der Waals surface area contributed by atoms with Crippen LogP contribution in [0.25, 0.3) is 0 Å². The number of unbranched alkanes of at least 4 members (excludes halogenated alkanes) is 29. The predicted molar refractivity (Wildman–Crippen MR) is 246 cm³/mol. The molecule has 0 aliphatic rings. The first-order valence-corrected chi connectivity index (χ1v) is 24.8. The maximum absolute atomic E-state index is 12.4. The van der Waals surface area contributed by atoms with E-state index in [2.05, 4.69) is 55.6 Å². The zero-order valence-electron chi connectivity index (χ0n) is 37.8. The number of carbonyl (C=O) groups excluding carboxylic acids is 2. The number of aliphatic hydroxyl groups is 2. The standard InChI is InChI=1S/C51H95NO5/c1-3-5-7-9-11-13-15-16-20-24-27-31-35-39-43-49(54)48(47-53)52-50(55)44-40-36-32-28-25-21-18-17-19-22-26-30-34-38-42-46-57-51(56)45-41-37-33-29-23-14-12-10-8-6-4-2/h10,12,17,19,22,26,48-49,53-54H,3-9,11,13-16,18,20-21,23-25,27-47H2,1-2H3,(H,52,55)/b12-10-,19-17-,26-22-. The Hall–Kier alpha value is -1.92. The van der Waals surface area contributed by atoms with Gasteiger partial charge in [0.2, 0.25) is 5.91 Å². The van der Waals surface area contributed by atoms with Crippen LogP contribution in [0.1, 0.15) is 251 Å². The first kappa shape index (κ1) is 55.1. The molecule has 0 aromatic rings. The average Bonchev–Trinajstić information content (AvgIpc) is 3.21. The van der Waals surface area contributed by atoms with Crippen LogP contribution in [-0.4, -0.2) is 47.4 Å². The highest BCUT2D eigenvalue weighted by atomic mass is 16.5. The smallest absolute Gasteiger partial charge is 0.305 e. The molecule has 0 rings (SSSR count). The summed E-state index contributed by atoms with van der Waals surface area (Å²) < 4.78 is 5.41. The Morgan fingerprint density at radius 1 is 0.491 bits per heavy atom. The van der Waals surface area contributed by atoms with E-state index in [0.29, 0.717) is 25.9 Å². The molecule has 0 aromatic heterocycles. The number of esters is 1. The summed E-state index contributed by atoms with van der Waals surface area (Å²) in [6.45, 7) is 4.84. The van der Waals surface area contributed by atoms with Crippen molar-refractivity contribution in [3.05, 3.63) is 36.5 Å². The van der Waals surface area contributed by atoms with Crippen LogP contribution < -0.4 is 5.32 Å². The Morgan fingerprint density at radius 3 is 1.40 bits per heavy atom. The van der Waals surface area contributed by atoms with Gasteiger partial charge < -0.3 is 20.3 Å². The molecule has 0 aliphatic heterocycles. The zero-order chi connectivity index (χ0) is 41.5. The van der Waals surface area contributed by atoms with E-state index in [9.17, 15) is 19.8 Å². The first-order valence-electron chi connectivity index (χ1n) is 24.8. The summed E-state index contributed by atoms with van der Waals surface area (Å²) in [5, 5.41) is 23.2. The van der Waals surface area contributed by atoms with Crippen molar-refractivity contribution in [2.24, 2.45) is 0 Å². The molecular formula is C51H95NO5. The third-order valence-corrected chi connectivity index (χ3v) is 11.2. The number of hydrogen-bond donors (Lipinski definition) is 3. The maximum atomic E-state index is 12.4. The summed E-state index contributed by atoms with van der Waals surface area (Å²) in [6.07, 6.45) is 55.4. The van der Waals surface area contributed by atoms with E-state index in [-0.39, 0.29) is 18.5 Å². The van der Waals surface area contributed by atoms with Crippen molar-refractivity contribution in [2.45, 2.75) is 264 Å². The molecule has 2 atom stereocenters. The zero-order valence-corrected chi connectivity index (χ0v) is 37.8. The lowest BCUT2D eigenvalue weighted by Gasteiger charge is -2.22. The topological polar surface area (TPSA) is 95.9 Å². The van der Waals surface area contributed by atoms with Gasteiger partial charge in [-0.1, -0.05) is 198 Å². The minimum atomic E-state index is -0.678. The maximum Gasteiger partial charge on any atom is 0.305 e. The summed E-state index contributed by atoms with van der Waals surface area (Å²) in [6, 6.07) is -0.557. The molecule has 0 heterocycles. The third kappa shape index (κ3) is 43.5. The molecule has 6 nitrogen and oxygen atoms in total. The summed E-state index contributed by atoms with van der Waals surface area (Å²) in [5.41, 5.74) is 0. The van der Waals surface area contributed by atoms with Crippen LogP contribution in [0, 0.1) is 0 Å². The van der Waals surface area contributed by atoms with Crippen LogP contribution in [-0.2, 0) is 14.3 Å². The van der Waals surface area contributed by atoms with Gasteiger partial charge in [-0.3, -0.25) is 9.59 Å². The Balaban J connectivity index is 3.55. The normalized spacial score (nSPS) is 13.0. The van der Waals surface area contributed by atoms with Crippen molar-refractivity contribution >= 4 is 11.9 Å². The Morgan fingerprint density at radius 2 is 0.895 bits per heavy atom. The second-order valence-corrected chi connectivity index (χ2v) is 16.8. The van der Waals surface area contributed by atoms with Crippen molar-refractivity contribution < 1.29 is 24.5 Å². The second-order valence-electron chi connectivity index (χ2n) is 16.8. The van der Waals surface area contributed by atoms with E-state index in [0.717, 1.165) is 77.0 Å². The number of aliphatic hydroxyl groups excluding tert-OH is 2. The molecule has 0 bridgehead atoms. The number of nitrogens with one attached hydrogen (secondary N) is 1. The molecule has 334 valence electrons. The molecule has 3 N–H and O–H groups in total. The highest BCUT2D eigenvalue weighted by Gasteiger charge is 2.20. The number of amides is 1. The monoisotopic (exact) mass is 802 g/mol. The highest BCUT2D eigenvalue weighted by Crippen LogP contribution is 2.15. The van der Waals surface area contributed by atoms with E-state index in [1.807, 2.05) is 0 Å². The Labute approximate surface area is 353 Å². The number of rotatable bonds is 45. The largest absolute Gasteiger partial charge is 0.466 e. The molecule has 0 saturated heterocycles. The van der Waals surface area contributed by atoms with E-state index in [1.54, 1.807) is 0 Å². The molecule has 0 aromatic carbocycles. The fraction of sp³-hybridized carbons (Fsp3) is 0.843. The van der Waals surface area contributed by atoms with E-state index < -0.39 is 12.1 Å². The molecular weight excluding hydrogens is 707 g/mol. The van der Waals surface area contributed by atoms with Crippen LogP contribution in [0.5, 0.6) is 0 Å². The lowest BCUT2D eigenvalue weighted by atomic mass is 10.0. The lowest BCUT2D eigenvalue weighted by molar-refractivity contribution is -0.143. The van der Waals surface area contributed by atoms with Gasteiger partial charge in [-0.05, 0) is 77.0 Å². The van der Waals surface area contributed by atoms with Gasteiger partial charge in [-0.25, -0.2) is 0 Å². The van der Waals surface area contributed by atoms with Gasteiger partial charge >= 0.3 is 5.97 Å². The van der Waals surface area contributed by atoms with Crippen LogP contribution >= 0.6 is 0 Å². The van der Waals surface area contributed by atoms with E-state index in [1.165, 1.54) is 141 Å². The van der Waals surface area contributed by atoms with Crippen LogP contribution in [0.4, 0.5) is 0 Å². The van der Waals surface area contributed by atoms with Gasteiger partial charge in [0, 0.05) is 12.8 Å². The summed E-state index contributed by atoms with van der Waals surface area (Å²) in [4.78, 5) is 24.4. The van der Waals surface area contributed by atoms with E-state index >= 15 is 0 Å². The summed E-state index contributed by atoms with van der Waals surface area (Å²) in [7, 11) is 0. The van der Waals surface area contributed by atoms with Crippen LogP contribution in [0.3, 0.4) is 0 Å². The Kier molecular flexibility index (Phi) is 45.2. The van der Waals surface area contributed by atoms with Gasteiger partial charge in [0.1, 0.15) is 0 Å². The molecule has 0 spiro atoms. The minimum Gasteiger partial charge on any atom is -0.466 e. The fourth-order valence-corrected chi connectivity index (χ4v) is 7.31. The van der Waals surface area contributed by atoms with Crippen LogP contribution in [0.2, 0.25) is 0 Å². The SMILES string of the molecule is CCCC/C=C\CCCCCCCC(=O)OCCCCC/C=C\C=C/CCCCCCCCC(=O)NC(CO)C(O)CCCCCCCCCCCCCCCC. The van der Waals surface area contributed by atoms with Crippen molar-refractivity contribution in [1.29, 1.82) is 0 Å². The Bertz CT molecular complexity index is 931. The first-order chi connectivity index (χ1) is 28.0. The molecule has 0 saturated carbocycles. The molecule has 0 radical (unpaired) electrons. The van der Waals surface area contributed by atoms with Crippen molar-refractivity contribution in [3.8, 4) is 0 Å². The molecule has 1 amide bonds. The van der Waals surface area contributed by atoms with Gasteiger partial charge in [0.05, 0.1) is 25.4 Å². The van der Waals surface area contributed by atoms with Crippen molar-refractivity contribution in [1.82, 2.24) is 5.32 Å².